The van der Waals surface area contributed by atoms with Crippen molar-refractivity contribution in [3.63, 3.8) is 0 Å². The molecular weight excluding hydrogens is 170 g/mol. The molecule has 0 aliphatic carbocycles. The molecule has 0 bridgehead atoms. The molecule has 0 rings (SSSR count). The van der Waals surface area contributed by atoms with E-state index in [2.05, 4.69) is 5.18 Å². The van der Waals surface area contributed by atoms with Crippen LogP contribution in [0.1, 0.15) is 27.7 Å². The predicted octanol–water partition coefficient (Wildman–Crippen LogP) is 1.98. The van der Waals surface area contributed by atoms with Gasteiger partial charge in [-0.25, -0.2) is 4.79 Å². The first-order valence-electron chi connectivity index (χ1n) is 4.48. The Bertz CT molecular complexity index is 178. The zero-order chi connectivity index (χ0) is 10.4. The fourth-order valence-corrected chi connectivity index (χ4v) is 0.771. The third kappa shape index (κ3) is 4.60. The van der Waals surface area contributed by atoms with Crippen molar-refractivity contribution >= 4 is 5.97 Å². The van der Waals surface area contributed by atoms with Crippen LogP contribution in [-0.4, -0.2) is 18.6 Å². The molecule has 0 aromatic rings. The number of nitrogens with zero attached hydrogens (tertiary/aromatic N) is 1. The molecule has 76 valence electrons. The van der Waals surface area contributed by atoms with Gasteiger partial charge >= 0.3 is 5.97 Å². The van der Waals surface area contributed by atoms with E-state index in [0.29, 0.717) is 6.61 Å². The van der Waals surface area contributed by atoms with Crippen molar-refractivity contribution < 1.29 is 9.53 Å². The Labute approximate surface area is 78.6 Å². The van der Waals surface area contributed by atoms with E-state index in [9.17, 15) is 9.70 Å². The van der Waals surface area contributed by atoms with Crippen LogP contribution in [0.5, 0.6) is 0 Å². The average Bonchev–Trinajstić information content (AvgIpc) is 2.01. The Morgan fingerprint density at radius 1 is 1.31 bits per heavy atom. The molecule has 0 aromatic heterocycles. The molecule has 0 heterocycles. The molecule has 4 heteroatoms. The Balaban J connectivity index is 3.99. The minimum Gasteiger partial charge on any atom is -0.464 e. The van der Waals surface area contributed by atoms with Gasteiger partial charge in [0, 0.05) is 0 Å². The van der Waals surface area contributed by atoms with Gasteiger partial charge in [0.1, 0.15) is 0 Å². The van der Waals surface area contributed by atoms with Crippen LogP contribution in [0.4, 0.5) is 0 Å². The molecule has 4 nitrogen and oxygen atoms in total. The van der Waals surface area contributed by atoms with Crippen LogP contribution in [0.2, 0.25) is 0 Å². The van der Waals surface area contributed by atoms with Gasteiger partial charge < -0.3 is 4.74 Å². The molecule has 1 atom stereocenters. The monoisotopic (exact) mass is 187 g/mol. The number of hydrogen-bond donors (Lipinski definition) is 0. The van der Waals surface area contributed by atoms with E-state index in [4.69, 9.17) is 4.74 Å². The summed E-state index contributed by atoms with van der Waals surface area (Å²) >= 11 is 0. The van der Waals surface area contributed by atoms with E-state index in [1.165, 1.54) is 0 Å². The number of esters is 1. The highest BCUT2D eigenvalue weighted by Crippen LogP contribution is 2.08. The summed E-state index contributed by atoms with van der Waals surface area (Å²) in [6.45, 7) is 7.75. The molecule has 0 N–H and O–H groups in total. The summed E-state index contributed by atoms with van der Waals surface area (Å²) in [5.41, 5.74) is 0. The Morgan fingerprint density at radius 2 is 1.85 bits per heavy atom. The fourth-order valence-electron chi connectivity index (χ4n) is 0.771. The predicted molar refractivity (Wildman–Crippen MR) is 50.2 cm³/mol. The molecule has 0 saturated heterocycles. The quantitative estimate of drug-likeness (QED) is 0.488. The summed E-state index contributed by atoms with van der Waals surface area (Å²) in [6.07, 6.45) is 0. The van der Waals surface area contributed by atoms with Crippen molar-refractivity contribution in [1.29, 1.82) is 0 Å². The number of rotatable bonds is 5. The van der Waals surface area contributed by atoms with Gasteiger partial charge in [-0.05, 0) is 11.8 Å². The van der Waals surface area contributed by atoms with E-state index in [1.54, 1.807) is 13.8 Å². The van der Waals surface area contributed by atoms with Gasteiger partial charge in [-0.1, -0.05) is 32.9 Å². The van der Waals surface area contributed by atoms with Crippen molar-refractivity contribution in [3.05, 3.63) is 4.91 Å². The first-order chi connectivity index (χ1) is 5.99. The van der Waals surface area contributed by atoms with Crippen LogP contribution in [0.3, 0.4) is 0 Å². The lowest BCUT2D eigenvalue weighted by molar-refractivity contribution is -0.147. The maximum absolute atomic E-state index is 11.2. The van der Waals surface area contributed by atoms with Crippen LogP contribution < -0.4 is 0 Å². The lowest BCUT2D eigenvalue weighted by Gasteiger charge is -2.13. The second kappa shape index (κ2) is 5.67. The zero-order valence-electron chi connectivity index (χ0n) is 8.61. The number of carbonyl (C=O) groups excluding carboxylic acids is 1. The van der Waals surface area contributed by atoms with Crippen molar-refractivity contribution in [1.82, 2.24) is 0 Å². The van der Waals surface area contributed by atoms with Gasteiger partial charge in [0.05, 0.1) is 6.61 Å². The molecule has 0 unspecified atom stereocenters. The highest BCUT2D eigenvalue weighted by atomic mass is 16.5. The molecule has 0 radical (unpaired) electrons. The second-order valence-electron chi connectivity index (χ2n) is 3.82. The van der Waals surface area contributed by atoms with Crippen LogP contribution in [-0.2, 0) is 9.53 Å². The number of ether oxygens (including phenoxy) is 1. The highest BCUT2D eigenvalue weighted by Gasteiger charge is 2.24. The zero-order valence-corrected chi connectivity index (χ0v) is 8.61. The van der Waals surface area contributed by atoms with Crippen LogP contribution in [0.25, 0.3) is 0 Å². The topological polar surface area (TPSA) is 55.7 Å². The van der Waals surface area contributed by atoms with Gasteiger partial charge in [0.2, 0.25) is 0 Å². The summed E-state index contributed by atoms with van der Waals surface area (Å²) in [7, 11) is 0. The maximum Gasteiger partial charge on any atom is 0.334 e. The molecule has 0 aliphatic heterocycles. The molecular formula is C9H17NO3. The standard InChI is InChI=1S/C9H17NO3/c1-6(2)5-13-9(11)8(10-12)7(3)4/h6-8H,5H2,1-4H3/t8-/m0/s1. The van der Waals surface area contributed by atoms with Gasteiger partial charge in [0.15, 0.2) is 6.04 Å². The normalized spacial score (nSPS) is 13.1. The van der Waals surface area contributed by atoms with E-state index in [0.717, 1.165) is 0 Å². The molecule has 0 spiro atoms. The van der Waals surface area contributed by atoms with Crippen molar-refractivity contribution in [2.45, 2.75) is 33.7 Å². The Morgan fingerprint density at radius 3 is 2.15 bits per heavy atom. The lowest BCUT2D eigenvalue weighted by Crippen LogP contribution is -2.27. The molecule has 0 amide bonds. The van der Waals surface area contributed by atoms with Gasteiger partial charge in [-0.3, -0.25) is 0 Å². The van der Waals surface area contributed by atoms with E-state index < -0.39 is 12.0 Å². The average molecular weight is 187 g/mol. The number of nitroso groups, excluding NO2 is 1. The summed E-state index contributed by atoms with van der Waals surface area (Å²) in [4.78, 5) is 21.5. The first kappa shape index (κ1) is 12.1. The van der Waals surface area contributed by atoms with Crippen molar-refractivity contribution in [3.8, 4) is 0 Å². The Hall–Kier alpha value is -0.930. The van der Waals surface area contributed by atoms with Gasteiger partial charge in [-0.2, -0.15) is 0 Å². The van der Waals surface area contributed by atoms with Crippen LogP contribution in [0.15, 0.2) is 5.18 Å². The van der Waals surface area contributed by atoms with E-state index >= 15 is 0 Å². The van der Waals surface area contributed by atoms with Gasteiger partial charge in [-0.15, -0.1) is 4.91 Å². The van der Waals surface area contributed by atoms with Crippen LogP contribution in [0, 0.1) is 16.7 Å². The molecule has 13 heavy (non-hydrogen) atoms. The smallest absolute Gasteiger partial charge is 0.334 e. The third-order valence-corrected chi connectivity index (χ3v) is 1.55. The largest absolute Gasteiger partial charge is 0.464 e. The maximum atomic E-state index is 11.2. The highest BCUT2D eigenvalue weighted by molar-refractivity contribution is 5.76. The first-order valence-corrected chi connectivity index (χ1v) is 4.48. The Kier molecular flexibility index (Phi) is 5.26. The fraction of sp³-hybridized carbons (Fsp3) is 0.889. The van der Waals surface area contributed by atoms with E-state index in [-0.39, 0.29) is 11.8 Å². The summed E-state index contributed by atoms with van der Waals surface area (Å²) in [5, 5.41) is 2.74. The third-order valence-electron chi connectivity index (χ3n) is 1.55. The lowest BCUT2D eigenvalue weighted by atomic mass is 10.1. The molecule has 0 fully saturated rings. The molecule has 0 aliphatic rings. The summed E-state index contributed by atoms with van der Waals surface area (Å²) < 4.78 is 4.89. The van der Waals surface area contributed by atoms with Crippen LogP contribution >= 0.6 is 0 Å². The minimum absolute atomic E-state index is 0.0998. The van der Waals surface area contributed by atoms with Gasteiger partial charge in [0.25, 0.3) is 0 Å². The molecule has 0 aromatic carbocycles. The minimum atomic E-state index is -0.862. The summed E-state index contributed by atoms with van der Waals surface area (Å²) in [5.74, 6) is -0.334. The molecule has 0 saturated carbocycles. The van der Waals surface area contributed by atoms with Crippen molar-refractivity contribution in [2.24, 2.45) is 17.0 Å². The summed E-state index contributed by atoms with van der Waals surface area (Å²) in [6, 6.07) is -0.862. The van der Waals surface area contributed by atoms with E-state index in [1.807, 2.05) is 13.8 Å². The number of hydrogen-bond acceptors (Lipinski definition) is 4. The number of carbonyl (C=O) groups is 1. The van der Waals surface area contributed by atoms with Crippen molar-refractivity contribution in [2.75, 3.05) is 6.61 Å². The SMILES string of the molecule is CC(C)COC(=O)[C@@H](N=O)C(C)C. The second-order valence-corrected chi connectivity index (χ2v) is 3.82.